The maximum atomic E-state index is 12.6. The fourth-order valence-electron chi connectivity index (χ4n) is 3.85. The number of aryl methyl sites for hydroxylation is 1. The lowest BCUT2D eigenvalue weighted by Gasteiger charge is -2.27. The molecule has 160 valence electrons. The molecule has 0 fully saturated rings. The van der Waals surface area contributed by atoms with Crippen LogP contribution in [0, 0.1) is 6.92 Å². The van der Waals surface area contributed by atoms with Gasteiger partial charge in [-0.1, -0.05) is 30.3 Å². The van der Waals surface area contributed by atoms with Gasteiger partial charge in [-0.15, -0.1) is 22.7 Å². The molecule has 2 aromatic heterocycles. The molecule has 0 saturated carbocycles. The Hall–Kier alpha value is -2.97. The number of rotatable bonds is 6. The summed E-state index contributed by atoms with van der Waals surface area (Å²) in [4.78, 5) is 41.4. The van der Waals surface area contributed by atoms with Crippen LogP contribution in [0.5, 0.6) is 0 Å². The number of carbonyl (C=O) groups excluding carboxylic acids is 3. The van der Waals surface area contributed by atoms with Crippen molar-refractivity contribution in [1.82, 2.24) is 4.90 Å². The van der Waals surface area contributed by atoms with E-state index < -0.39 is 5.91 Å². The van der Waals surface area contributed by atoms with E-state index >= 15 is 0 Å². The lowest BCUT2D eigenvalue weighted by molar-refractivity contribution is -0.133. The van der Waals surface area contributed by atoms with Crippen LogP contribution in [-0.4, -0.2) is 29.2 Å². The third-order valence-electron chi connectivity index (χ3n) is 5.37. The van der Waals surface area contributed by atoms with Gasteiger partial charge in [0.25, 0.3) is 5.91 Å². The Morgan fingerprint density at radius 2 is 1.90 bits per heavy atom. The van der Waals surface area contributed by atoms with E-state index in [1.807, 2.05) is 37.3 Å². The maximum Gasteiger partial charge on any atom is 0.252 e. The number of primary amides is 1. The molecule has 0 aliphatic carbocycles. The van der Waals surface area contributed by atoms with Crippen molar-refractivity contribution >= 4 is 45.4 Å². The van der Waals surface area contributed by atoms with Crippen LogP contribution in [0.1, 0.15) is 38.5 Å². The summed E-state index contributed by atoms with van der Waals surface area (Å²) in [6, 6.07) is 11.5. The molecule has 1 aromatic carbocycles. The monoisotopic (exact) mass is 453 g/mol. The van der Waals surface area contributed by atoms with Gasteiger partial charge in [-0.2, -0.15) is 0 Å². The van der Waals surface area contributed by atoms with Crippen molar-refractivity contribution in [2.24, 2.45) is 5.73 Å². The molecule has 6 nitrogen and oxygen atoms in total. The smallest absolute Gasteiger partial charge is 0.252 e. The number of thiophene rings is 2. The van der Waals surface area contributed by atoms with Crippen molar-refractivity contribution in [2.75, 3.05) is 11.9 Å². The minimum atomic E-state index is -0.588. The Morgan fingerprint density at radius 1 is 1.13 bits per heavy atom. The van der Waals surface area contributed by atoms with E-state index in [2.05, 4.69) is 16.8 Å². The van der Waals surface area contributed by atoms with Gasteiger partial charge in [-0.25, -0.2) is 0 Å². The predicted molar refractivity (Wildman–Crippen MR) is 124 cm³/mol. The van der Waals surface area contributed by atoms with Crippen molar-refractivity contribution in [3.05, 3.63) is 62.7 Å². The standard InChI is InChI=1S/C23H23N3O3S2/c1-14-20(15-5-3-2-4-6-15)21(22(24)29)23(31-14)25-18(27)7-8-19(28)26-11-9-17-16(13-26)10-12-30-17/h2-6,10,12H,7-9,11,13H2,1H3,(H2,24,29)(H,25,27). The van der Waals surface area contributed by atoms with E-state index in [0.717, 1.165) is 22.4 Å². The molecular formula is C23H23N3O3S2. The van der Waals surface area contributed by atoms with E-state index in [1.54, 1.807) is 16.2 Å². The van der Waals surface area contributed by atoms with Gasteiger partial charge in [0.1, 0.15) is 5.00 Å². The number of carbonyl (C=O) groups is 3. The van der Waals surface area contributed by atoms with Crippen molar-refractivity contribution in [1.29, 1.82) is 0 Å². The fourth-order valence-corrected chi connectivity index (χ4v) is 5.84. The zero-order valence-electron chi connectivity index (χ0n) is 17.1. The van der Waals surface area contributed by atoms with E-state index in [9.17, 15) is 14.4 Å². The third kappa shape index (κ3) is 4.55. The summed E-state index contributed by atoms with van der Waals surface area (Å²) in [5.41, 5.74) is 8.77. The number of hydrogen-bond acceptors (Lipinski definition) is 5. The average Bonchev–Trinajstić information content (AvgIpc) is 3.35. The van der Waals surface area contributed by atoms with Gasteiger partial charge in [0.2, 0.25) is 11.8 Å². The fraction of sp³-hybridized carbons (Fsp3) is 0.261. The van der Waals surface area contributed by atoms with Gasteiger partial charge < -0.3 is 16.0 Å². The van der Waals surface area contributed by atoms with Crippen molar-refractivity contribution in [2.45, 2.75) is 32.7 Å². The number of nitrogens with zero attached hydrogens (tertiary/aromatic N) is 1. The molecule has 3 amide bonds. The van der Waals surface area contributed by atoms with E-state index in [1.165, 1.54) is 21.8 Å². The first-order valence-corrected chi connectivity index (χ1v) is 11.7. The molecule has 0 unspecified atom stereocenters. The van der Waals surface area contributed by atoms with Crippen LogP contribution in [-0.2, 0) is 22.6 Å². The molecule has 4 rings (SSSR count). The maximum absolute atomic E-state index is 12.6. The minimum Gasteiger partial charge on any atom is -0.365 e. The number of hydrogen-bond donors (Lipinski definition) is 2. The van der Waals surface area contributed by atoms with Gasteiger partial charge in [0.15, 0.2) is 0 Å². The first kappa shape index (κ1) is 21.3. The quantitative estimate of drug-likeness (QED) is 0.586. The minimum absolute atomic E-state index is 0.0329. The Kier molecular flexibility index (Phi) is 6.20. The topological polar surface area (TPSA) is 92.5 Å². The summed E-state index contributed by atoms with van der Waals surface area (Å²) >= 11 is 3.05. The summed E-state index contributed by atoms with van der Waals surface area (Å²) in [5.74, 6) is -0.922. The summed E-state index contributed by atoms with van der Waals surface area (Å²) in [6.45, 7) is 3.19. The molecule has 0 saturated heterocycles. The molecule has 3 heterocycles. The lowest BCUT2D eigenvalue weighted by atomic mass is 10.0. The lowest BCUT2D eigenvalue weighted by Crippen LogP contribution is -2.35. The molecule has 0 bridgehead atoms. The van der Waals surface area contributed by atoms with Gasteiger partial charge in [0.05, 0.1) is 5.56 Å². The van der Waals surface area contributed by atoms with Gasteiger partial charge in [0, 0.05) is 41.2 Å². The number of amides is 3. The molecule has 8 heteroatoms. The van der Waals surface area contributed by atoms with Crippen LogP contribution in [0.3, 0.4) is 0 Å². The van der Waals surface area contributed by atoms with Crippen LogP contribution in [0.4, 0.5) is 5.00 Å². The molecule has 3 aromatic rings. The average molecular weight is 454 g/mol. The largest absolute Gasteiger partial charge is 0.365 e. The number of fused-ring (bicyclic) bond motifs is 1. The van der Waals surface area contributed by atoms with Crippen LogP contribution in [0.25, 0.3) is 11.1 Å². The van der Waals surface area contributed by atoms with Gasteiger partial charge in [-0.3, -0.25) is 14.4 Å². The summed E-state index contributed by atoms with van der Waals surface area (Å²) in [5, 5.41) is 5.29. The predicted octanol–water partition coefficient (Wildman–Crippen LogP) is 4.19. The van der Waals surface area contributed by atoms with Crippen LogP contribution in [0.15, 0.2) is 41.8 Å². The van der Waals surface area contributed by atoms with E-state index in [-0.39, 0.29) is 24.7 Å². The molecule has 0 atom stereocenters. The van der Waals surface area contributed by atoms with Gasteiger partial charge in [-0.05, 0) is 35.9 Å². The number of nitrogens with one attached hydrogen (secondary N) is 1. The SMILES string of the molecule is Cc1sc(NC(=O)CCC(=O)N2CCc3sccc3C2)c(C(N)=O)c1-c1ccccc1. The van der Waals surface area contributed by atoms with E-state index in [0.29, 0.717) is 23.7 Å². The molecule has 0 radical (unpaired) electrons. The molecular weight excluding hydrogens is 430 g/mol. The molecule has 3 N–H and O–H groups in total. The number of anilines is 1. The number of nitrogens with two attached hydrogens (primary N) is 1. The summed E-state index contributed by atoms with van der Waals surface area (Å²) in [7, 11) is 0. The molecule has 1 aliphatic rings. The second kappa shape index (κ2) is 9.03. The van der Waals surface area contributed by atoms with Crippen molar-refractivity contribution in [3.63, 3.8) is 0 Å². The Bertz CT molecular complexity index is 1130. The molecule has 31 heavy (non-hydrogen) atoms. The highest BCUT2D eigenvalue weighted by molar-refractivity contribution is 7.17. The van der Waals surface area contributed by atoms with Crippen molar-refractivity contribution in [3.8, 4) is 11.1 Å². The summed E-state index contributed by atoms with van der Waals surface area (Å²) in [6.07, 6.45) is 1.05. The Morgan fingerprint density at radius 3 is 2.65 bits per heavy atom. The summed E-state index contributed by atoms with van der Waals surface area (Å²) < 4.78 is 0. The second-order valence-corrected chi connectivity index (χ2v) is 9.68. The van der Waals surface area contributed by atoms with Crippen molar-refractivity contribution < 1.29 is 14.4 Å². The molecule has 0 spiro atoms. The van der Waals surface area contributed by atoms with E-state index in [4.69, 9.17) is 5.73 Å². The number of benzene rings is 1. The first-order chi connectivity index (χ1) is 14.9. The zero-order chi connectivity index (χ0) is 22.0. The highest BCUT2D eigenvalue weighted by atomic mass is 32.1. The Balaban J connectivity index is 1.42. The third-order valence-corrected chi connectivity index (χ3v) is 7.42. The Labute approximate surface area is 188 Å². The molecule has 1 aliphatic heterocycles. The first-order valence-electron chi connectivity index (χ1n) is 10.1. The van der Waals surface area contributed by atoms with Crippen LogP contribution in [0.2, 0.25) is 0 Å². The normalized spacial score (nSPS) is 13.0. The zero-order valence-corrected chi connectivity index (χ0v) is 18.8. The van der Waals surface area contributed by atoms with Gasteiger partial charge >= 0.3 is 0 Å². The van der Waals surface area contributed by atoms with Crippen LogP contribution < -0.4 is 11.1 Å². The highest BCUT2D eigenvalue weighted by Gasteiger charge is 2.24. The second-order valence-electron chi connectivity index (χ2n) is 7.45. The van der Waals surface area contributed by atoms with Crippen LogP contribution >= 0.6 is 22.7 Å². The highest BCUT2D eigenvalue weighted by Crippen LogP contribution is 2.39.